The van der Waals surface area contributed by atoms with E-state index >= 15 is 0 Å². The van der Waals surface area contributed by atoms with E-state index in [1.165, 1.54) is 5.56 Å². The molecule has 0 spiro atoms. The summed E-state index contributed by atoms with van der Waals surface area (Å²) >= 11 is 0. The maximum Gasteiger partial charge on any atom is 0.252 e. The van der Waals surface area contributed by atoms with Gasteiger partial charge in [0.1, 0.15) is 0 Å². The molecule has 3 heteroatoms. The van der Waals surface area contributed by atoms with Crippen LogP contribution in [0.25, 0.3) is 11.3 Å². The fourth-order valence-electron chi connectivity index (χ4n) is 1.97. The zero-order chi connectivity index (χ0) is 14.5. The highest BCUT2D eigenvalue weighted by Crippen LogP contribution is 2.16. The average Bonchev–Trinajstić information content (AvgIpc) is 2.46. The van der Waals surface area contributed by atoms with E-state index in [1.807, 2.05) is 36.4 Å². The molecule has 0 saturated heterocycles. The second-order valence-corrected chi connectivity index (χ2v) is 5.28. The number of hydrogen-bond acceptors (Lipinski definition) is 2. The van der Waals surface area contributed by atoms with Crippen LogP contribution in [0.2, 0.25) is 0 Å². The van der Waals surface area contributed by atoms with Crippen molar-refractivity contribution in [2.45, 2.75) is 39.8 Å². The largest absolute Gasteiger partial charge is 0.322 e. The van der Waals surface area contributed by atoms with E-state index in [2.05, 4.69) is 31.1 Å². The predicted octanol–water partition coefficient (Wildman–Crippen LogP) is 3.24. The number of aryl methyl sites for hydroxylation is 1. The van der Waals surface area contributed by atoms with Crippen LogP contribution in [0.15, 0.2) is 41.2 Å². The van der Waals surface area contributed by atoms with Crippen LogP contribution < -0.4 is 10.9 Å². The van der Waals surface area contributed by atoms with Gasteiger partial charge in [0.05, 0.1) is 0 Å². The van der Waals surface area contributed by atoms with Crippen molar-refractivity contribution in [3.05, 3.63) is 57.9 Å². The number of H-pyrrole nitrogens is 1. The second kappa shape index (κ2) is 6.53. The summed E-state index contributed by atoms with van der Waals surface area (Å²) in [5, 5.41) is 3.34. The number of rotatable bonds is 5. The average molecular weight is 270 g/mol. The molecule has 0 fully saturated rings. The molecule has 2 aromatic rings. The maximum atomic E-state index is 12.1. The van der Waals surface area contributed by atoms with Crippen LogP contribution >= 0.6 is 0 Å². The summed E-state index contributed by atoms with van der Waals surface area (Å²) in [6.07, 6.45) is 1.05. The Hall–Kier alpha value is -1.87. The molecule has 106 valence electrons. The normalized spacial score (nSPS) is 12.3. The molecule has 3 nitrogen and oxygen atoms in total. The van der Waals surface area contributed by atoms with E-state index in [9.17, 15) is 4.79 Å². The minimum absolute atomic E-state index is 0.0149. The molecular weight excluding hydrogens is 248 g/mol. The molecule has 0 aliphatic heterocycles. The monoisotopic (exact) mass is 270 g/mol. The van der Waals surface area contributed by atoms with Crippen LogP contribution in [0, 0.1) is 6.92 Å². The fourth-order valence-corrected chi connectivity index (χ4v) is 1.97. The number of benzene rings is 1. The highest BCUT2D eigenvalue weighted by molar-refractivity contribution is 5.59. The summed E-state index contributed by atoms with van der Waals surface area (Å²) < 4.78 is 0. The van der Waals surface area contributed by atoms with Gasteiger partial charge in [0.25, 0.3) is 5.56 Å². The summed E-state index contributed by atoms with van der Waals surface area (Å²) in [6, 6.07) is 12.4. The Labute approximate surface area is 120 Å². The molecule has 0 aliphatic rings. The van der Waals surface area contributed by atoms with E-state index in [0.717, 1.165) is 23.2 Å². The third-order valence-corrected chi connectivity index (χ3v) is 3.61. The molecule has 0 saturated carbocycles. The Morgan fingerprint density at radius 2 is 1.85 bits per heavy atom. The second-order valence-electron chi connectivity index (χ2n) is 5.28. The smallest absolute Gasteiger partial charge is 0.252 e. The number of nitrogens with one attached hydrogen (secondary N) is 2. The molecule has 1 unspecified atom stereocenters. The van der Waals surface area contributed by atoms with Crippen molar-refractivity contribution >= 4 is 0 Å². The van der Waals surface area contributed by atoms with E-state index in [-0.39, 0.29) is 5.56 Å². The fraction of sp³-hybridized carbons (Fsp3) is 0.353. The van der Waals surface area contributed by atoms with Crippen LogP contribution in [-0.2, 0) is 6.54 Å². The van der Waals surface area contributed by atoms with E-state index in [4.69, 9.17) is 0 Å². The molecule has 2 rings (SSSR count). The van der Waals surface area contributed by atoms with Gasteiger partial charge >= 0.3 is 0 Å². The van der Waals surface area contributed by atoms with Gasteiger partial charge in [0.2, 0.25) is 0 Å². The van der Waals surface area contributed by atoms with Crippen LogP contribution in [-0.4, -0.2) is 11.0 Å². The van der Waals surface area contributed by atoms with Crippen LogP contribution in [0.1, 0.15) is 31.4 Å². The summed E-state index contributed by atoms with van der Waals surface area (Å²) in [5.41, 5.74) is 3.88. The Morgan fingerprint density at radius 1 is 1.15 bits per heavy atom. The Balaban J connectivity index is 2.17. The predicted molar refractivity (Wildman–Crippen MR) is 83.8 cm³/mol. The van der Waals surface area contributed by atoms with Gasteiger partial charge in [-0.3, -0.25) is 4.79 Å². The lowest BCUT2D eigenvalue weighted by Gasteiger charge is -2.11. The number of aromatic nitrogens is 1. The molecule has 0 bridgehead atoms. The lowest BCUT2D eigenvalue weighted by atomic mass is 10.1. The van der Waals surface area contributed by atoms with Crippen molar-refractivity contribution < 1.29 is 0 Å². The molecule has 1 atom stereocenters. The van der Waals surface area contributed by atoms with Gasteiger partial charge in [0, 0.05) is 23.8 Å². The Morgan fingerprint density at radius 3 is 2.45 bits per heavy atom. The topological polar surface area (TPSA) is 44.9 Å². The first-order valence-electron chi connectivity index (χ1n) is 7.12. The highest BCUT2D eigenvalue weighted by atomic mass is 16.1. The Bertz CT molecular complexity index is 614. The quantitative estimate of drug-likeness (QED) is 0.876. The molecule has 1 aromatic carbocycles. The molecule has 0 radical (unpaired) electrons. The molecule has 20 heavy (non-hydrogen) atoms. The van der Waals surface area contributed by atoms with Crippen molar-refractivity contribution in [3.8, 4) is 11.3 Å². The lowest BCUT2D eigenvalue weighted by Crippen LogP contribution is -2.28. The third kappa shape index (κ3) is 3.58. The third-order valence-electron chi connectivity index (χ3n) is 3.61. The van der Waals surface area contributed by atoms with Gasteiger partial charge in [-0.1, -0.05) is 42.8 Å². The SMILES string of the molecule is CCC(C)NCc1ccc(-c2ccc(C)cc2)[nH]c1=O. The van der Waals surface area contributed by atoms with Crippen LogP contribution in [0.4, 0.5) is 0 Å². The van der Waals surface area contributed by atoms with Gasteiger partial charge in [-0.05, 0) is 31.9 Å². The summed E-state index contributed by atoms with van der Waals surface area (Å²) in [6.45, 7) is 6.91. The standard InChI is InChI=1S/C17H22N2O/c1-4-13(3)18-11-15-9-10-16(19-17(15)20)14-7-5-12(2)6-8-14/h5-10,13,18H,4,11H2,1-3H3,(H,19,20). The highest BCUT2D eigenvalue weighted by Gasteiger charge is 2.04. The molecule has 0 amide bonds. The lowest BCUT2D eigenvalue weighted by molar-refractivity contribution is 0.532. The minimum Gasteiger partial charge on any atom is -0.322 e. The maximum absolute atomic E-state index is 12.1. The first kappa shape index (κ1) is 14.5. The molecule has 1 heterocycles. The number of hydrogen-bond donors (Lipinski definition) is 2. The summed E-state index contributed by atoms with van der Waals surface area (Å²) in [5.74, 6) is 0. The van der Waals surface area contributed by atoms with Crippen molar-refractivity contribution in [1.29, 1.82) is 0 Å². The Kier molecular flexibility index (Phi) is 4.74. The van der Waals surface area contributed by atoms with Crippen molar-refractivity contribution in [3.63, 3.8) is 0 Å². The van der Waals surface area contributed by atoms with Gasteiger partial charge in [-0.25, -0.2) is 0 Å². The van der Waals surface area contributed by atoms with Crippen LogP contribution in [0.5, 0.6) is 0 Å². The van der Waals surface area contributed by atoms with Gasteiger partial charge in [0.15, 0.2) is 0 Å². The number of pyridine rings is 1. The van der Waals surface area contributed by atoms with E-state index in [1.54, 1.807) is 0 Å². The summed E-state index contributed by atoms with van der Waals surface area (Å²) in [4.78, 5) is 15.0. The zero-order valence-corrected chi connectivity index (χ0v) is 12.4. The van der Waals surface area contributed by atoms with E-state index < -0.39 is 0 Å². The van der Waals surface area contributed by atoms with Crippen LogP contribution in [0.3, 0.4) is 0 Å². The zero-order valence-electron chi connectivity index (χ0n) is 12.4. The first-order valence-corrected chi connectivity index (χ1v) is 7.12. The molecule has 2 N–H and O–H groups in total. The molecular formula is C17H22N2O. The first-order chi connectivity index (χ1) is 9.60. The van der Waals surface area contributed by atoms with Crippen molar-refractivity contribution in [2.75, 3.05) is 0 Å². The van der Waals surface area contributed by atoms with Gasteiger partial charge < -0.3 is 10.3 Å². The van der Waals surface area contributed by atoms with Gasteiger partial charge in [-0.2, -0.15) is 0 Å². The van der Waals surface area contributed by atoms with Crippen molar-refractivity contribution in [1.82, 2.24) is 10.3 Å². The minimum atomic E-state index is -0.0149. The van der Waals surface area contributed by atoms with E-state index in [0.29, 0.717) is 12.6 Å². The van der Waals surface area contributed by atoms with Crippen molar-refractivity contribution in [2.24, 2.45) is 0 Å². The van der Waals surface area contributed by atoms with Gasteiger partial charge in [-0.15, -0.1) is 0 Å². The molecule has 1 aromatic heterocycles. The molecule has 0 aliphatic carbocycles. The summed E-state index contributed by atoms with van der Waals surface area (Å²) in [7, 11) is 0. The number of aromatic amines is 1.